The molecule has 0 aliphatic heterocycles. The zero-order chi connectivity index (χ0) is 12.5. The van der Waals surface area contributed by atoms with Gasteiger partial charge in [-0.05, 0) is 6.07 Å². The van der Waals surface area contributed by atoms with Crippen LogP contribution in [0, 0.1) is 5.82 Å². The summed E-state index contributed by atoms with van der Waals surface area (Å²) >= 11 is 0. The lowest BCUT2D eigenvalue weighted by Crippen LogP contribution is -2.21. The molecule has 0 saturated carbocycles. The third-order valence-electron chi connectivity index (χ3n) is 1.95. The van der Waals surface area contributed by atoms with E-state index >= 15 is 0 Å². The molecule has 0 fully saturated rings. The summed E-state index contributed by atoms with van der Waals surface area (Å²) in [7, 11) is 0. The number of phenolic OH excluding ortho intramolecular Hbond substituents is 1. The Hall–Kier alpha value is -2.15. The number of nitrogens with two attached hydrogens (primary N) is 1. The molecule has 1 rings (SSSR count). The van der Waals surface area contributed by atoms with Gasteiger partial charge in [0.05, 0.1) is 5.56 Å². The van der Waals surface area contributed by atoms with Crippen LogP contribution >= 0.6 is 0 Å². The predicted molar refractivity (Wildman–Crippen MR) is 49.6 cm³/mol. The Labute approximate surface area is 88.7 Å². The van der Waals surface area contributed by atoms with E-state index in [4.69, 9.17) is 15.9 Å². The molecule has 5 N–H and O–H groups in total. The topological polar surface area (TPSA) is 121 Å². The summed E-state index contributed by atoms with van der Waals surface area (Å²) in [5.74, 6) is -4.89. The molecule has 0 heterocycles. The van der Waals surface area contributed by atoms with E-state index in [-0.39, 0.29) is 5.56 Å². The van der Waals surface area contributed by atoms with E-state index in [9.17, 15) is 19.1 Å². The zero-order valence-corrected chi connectivity index (χ0v) is 7.85. The second-order valence-electron chi connectivity index (χ2n) is 3.01. The molecule has 0 saturated heterocycles. The summed E-state index contributed by atoms with van der Waals surface area (Å²) in [5, 5.41) is 26.4. The number of benzene rings is 1. The number of hydrogen-bond acceptors (Lipinski definition) is 4. The highest BCUT2D eigenvalue weighted by molar-refractivity contribution is 5.89. The highest BCUT2D eigenvalue weighted by Crippen LogP contribution is 2.26. The third-order valence-corrected chi connectivity index (χ3v) is 1.95. The Morgan fingerprint density at radius 2 is 1.88 bits per heavy atom. The first-order valence-corrected chi connectivity index (χ1v) is 4.08. The van der Waals surface area contributed by atoms with E-state index < -0.39 is 35.1 Å². The van der Waals surface area contributed by atoms with Crippen LogP contribution in [0.15, 0.2) is 12.1 Å². The van der Waals surface area contributed by atoms with Crippen molar-refractivity contribution >= 4 is 11.9 Å². The molecule has 0 bridgehead atoms. The van der Waals surface area contributed by atoms with Gasteiger partial charge in [0.15, 0.2) is 0 Å². The number of aromatic hydroxyl groups is 1. The fourth-order valence-corrected chi connectivity index (χ4v) is 1.13. The minimum absolute atomic E-state index is 0.355. The zero-order valence-electron chi connectivity index (χ0n) is 7.85. The standard InChI is InChI=1S/C9H8FNO5/c10-5-2-6(12)4(7(11)9(15)16)1-3(5)8(13)14/h1-2,7,12H,11H2,(H,13,14)(H,15,16)/t7-/m0/s1. The molecular formula is C9H8FNO5. The predicted octanol–water partition coefficient (Wildman–Crippen LogP) is 0.314. The van der Waals surface area contributed by atoms with E-state index in [1.165, 1.54) is 0 Å². The number of carboxylic acid groups (broad SMARTS) is 2. The number of aromatic carboxylic acids is 1. The maximum Gasteiger partial charge on any atom is 0.338 e. The molecule has 1 aromatic carbocycles. The highest BCUT2D eigenvalue weighted by Gasteiger charge is 2.22. The Balaban J connectivity index is 3.35. The lowest BCUT2D eigenvalue weighted by molar-refractivity contribution is -0.138. The maximum atomic E-state index is 13.0. The van der Waals surface area contributed by atoms with Gasteiger partial charge in [0.2, 0.25) is 0 Å². The second-order valence-corrected chi connectivity index (χ2v) is 3.01. The van der Waals surface area contributed by atoms with Crippen molar-refractivity contribution in [3.63, 3.8) is 0 Å². The van der Waals surface area contributed by atoms with Gasteiger partial charge < -0.3 is 21.1 Å². The van der Waals surface area contributed by atoms with Gasteiger partial charge in [-0.15, -0.1) is 0 Å². The average molecular weight is 229 g/mol. The summed E-state index contributed by atoms with van der Waals surface area (Å²) < 4.78 is 13.0. The number of hydrogen-bond donors (Lipinski definition) is 4. The Kier molecular flexibility index (Phi) is 3.09. The maximum absolute atomic E-state index is 13.0. The van der Waals surface area contributed by atoms with Crippen molar-refractivity contribution in [3.8, 4) is 5.75 Å². The summed E-state index contributed by atoms with van der Waals surface area (Å²) in [4.78, 5) is 21.1. The van der Waals surface area contributed by atoms with Crippen molar-refractivity contribution in [3.05, 3.63) is 29.1 Å². The monoisotopic (exact) mass is 229 g/mol. The minimum Gasteiger partial charge on any atom is -0.507 e. The quantitative estimate of drug-likeness (QED) is 0.592. The van der Waals surface area contributed by atoms with Crippen LogP contribution in [0.4, 0.5) is 4.39 Å². The summed E-state index contributed by atoms with van der Waals surface area (Å²) in [6.07, 6.45) is 0. The lowest BCUT2D eigenvalue weighted by atomic mass is 10.0. The fourth-order valence-electron chi connectivity index (χ4n) is 1.13. The van der Waals surface area contributed by atoms with Crippen LogP contribution in [0.5, 0.6) is 5.75 Å². The van der Waals surface area contributed by atoms with Gasteiger partial charge >= 0.3 is 11.9 Å². The van der Waals surface area contributed by atoms with Crippen molar-refractivity contribution in [1.82, 2.24) is 0 Å². The van der Waals surface area contributed by atoms with Gasteiger partial charge in [-0.1, -0.05) is 0 Å². The van der Waals surface area contributed by atoms with Gasteiger partial charge in [0.25, 0.3) is 0 Å². The van der Waals surface area contributed by atoms with Crippen LogP contribution < -0.4 is 5.73 Å². The van der Waals surface area contributed by atoms with Crippen molar-refractivity contribution in [2.45, 2.75) is 6.04 Å². The van der Waals surface area contributed by atoms with E-state index in [1.807, 2.05) is 0 Å². The Bertz CT molecular complexity index is 459. The first-order chi connectivity index (χ1) is 7.34. The largest absolute Gasteiger partial charge is 0.507 e. The van der Waals surface area contributed by atoms with Crippen molar-refractivity contribution in [2.24, 2.45) is 5.73 Å². The Morgan fingerprint density at radius 3 is 2.31 bits per heavy atom. The average Bonchev–Trinajstić information content (AvgIpc) is 2.16. The van der Waals surface area contributed by atoms with Crippen LogP contribution in [0.1, 0.15) is 22.0 Å². The molecule has 1 aromatic rings. The van der Waals surface area contributed by atoms with Gasteiger partial charge in [-0.3, -0.25) is 4.79 Å². The summed E-state index contributed by atoms with van der Waals surface area (Å²) in [6, 6.07) is -0.397. The van der Waals surface area contributed by atoms with Gasteiger partial charge in [-0.25, -0.2) is 9.18 Å². The SMILES string of the molecule is N[C@H](C(=O)O)c1cc(C(=O)O)c(F)cc1O. The fraction of sp³-hybridized carbons (Fsp3) is 0.111. The van der Waals surface area contributed by atoms with Gasteiger partial charge in [0, 0.05) is 11.6 Å². The number of phenols is 1. The number of carbonyl (C=O) groups is 2. The summed E-state index contributed by atoms with van der Waals surface area (Å²) in [5.41, 5.74) is 4.08. The van der Waals surface area contributed by atoms with E-state index in [2.05, 4.69) is 0 Å². The lowest BCUT2D eigenvalue weighted by Gasteiger charge is -2.10. The molecule has 0 radical (unpaired) electrons. The van der Waals surface area contributed by atoms with E-state index in [0.29, 0.717) is 12.1 Å². The van der Waals surface area contributed by atoms with Crippen molar-refractivity contribution in [1.29, 1.82) is 0 Å². The molecule has 0 spiro atoms. The van der Waals surface area contributed by atoms with Crippen molar-refractivity contribution < 1.29 is 29.3 Å². The van der Waals surface area contributed by atoms with Crippen LogP contribution in [0.25, 0.3) is 0 Å². The molecule has 0 aromatic heterocycles. The van der Waals surface area contributed by atoms with E-state index in [1.54, 1.807) is 0 Å². The number of halogens is 1. The first kappa shape index (κ1) is 11.9. The highest BCUT2D eigenvalue weighted by atomic mass is 19.1. The van der Waals surface area contributed by atoms with Crippen molar-refractivity contribution in [2.75, 3.05) is 0 Å². The first-order valence-electron chi connectivity index (χ1n) is 4.08. The molecule has 0 unspecified atom stereocenters. The molecule has 0 aliphatic carbocycles. The number of carboxylic acids is 2. The van der Waals surface area contributed by atoms with Crippen LogP contribution in [-0.4, -0.2) is 27.3 Å². The molecule has 0 amide bonds. The molecule has 6 nitrogen and oxygen atoms in total. The number of aliphatic carboxylic acids is 1. The Morgan fingerprint density at radius 1 is 1.31 bits per heavy atom. The van der Waals surface area contributed by atoms with E-state index in [0.717, 1.165) is 0 Å². The smallest absolute Gasteiger partial charge is 0.338 e. The minimum atomic E-state index is -1.61. The van der Waals surface area contributed by atoms with Crippen LogP contribution in [0.2, 0.25) is 0 Å². The van der Waals surface area contributed by atoms with Crippen LogP contribution in [0.3, 0.4) is 0 Å². The molecule has 1 atom stereocenters. The second kappa shape index (κ2) is 4.15. The molecule has 16 heavy (non-hydrogen) atoms. The normalized spacial score (nSPS) is 12.1. The molecule has 7 heteroatoms. The molecular weight excluding hydrogens is 221 g/mol. The number of rotatable bonds is 3. The molecule has 86 valence electrons. The van der Waals surface area contributed by atoms with Crippen LogP contribution in [-0.2, 0) is 4.79 Å². The van der Waals surface area contributed by atoms with Gasteiger partial charge in [-0.2, -0.15) is 0 Å². The molecule has 0 aliphatic rings. The summed E-state index contributed by atoms with van der Waals surface area (Å²) in [6.45, 7) is 0. The third kappa shape index (κ3) is 2.09. The van der Waals surface area contributed by atoms with Gasteiger partial charge in [0.1, 0.15) is 17.6 Å².